The number of hydrogen-bond acceptors (Lipinski definition) is 4. The van der Waals surface area contributed by atoms with Crippen molar-refractivity contribution in [3.05, 3.63) is 42.1 Å². The van der Waals surface area contributed by atoms with Gasteiger partial charge in [0.05, 0.1) is 24.4 Å². The molecule has 1 unspecified atom stereocenters. The smallest absolute Gasteiger partial charge is 0.104 e. The maximum Gasteiger partial charge on any atom is 0.104 e. The Bertz CT molecular complexity index is 579. The normalized spacial score (nSPS) is 23.1. The molecule has 0 amide bonds. The molecule has 106 valence electrons. The van der Waals surface area contributed by atoms with Crippen LogP contribution in [0.25, 0.3) is 10.9 Å². The lowest BCUT2D eigenvalue weighted by Gasteiger charge is -2.35. The maximum absolute atomic E-state index is 6.04. The van der Waals surface area contributed by atoms with Crippen LogP contribution in [0.15, 0.2) is 36.4 Å². The van der Waals surface area contributed by atoms with E-state index >= 15 is 0 Å². The average Bonchev–Trinajstić information content (AvgIpc) is 2.54. The van der Waals surface area contributed by atoms with Gasteiger partial charge in [0.15, 0.2) is 0 Å². The summed E-state index contributed by atoms with van der Waals surface area (Å²) in [7, 11) is 0. The van der Waals surface area contributed by atoms with Crippen molar-refractivity contribution in [1.82, 2.24) is 4.98 Å². The molecule has 0 radical (unpaired) electrons. The highest BCUT2D eigenvalue weighted by atomic mass is 16.5. The Kier molecular flexibility index (Phi) is 3.96. The minimum atomic E-state index is -0.342. The lowest BCUT2D eigenvalue weighted by Crippen LogP contribution is -2.47. The lowest BCUT2D eigenvalue weighted by atomic mass is 9.96. The van der Waals surface area contributed by atoms with Crippen LogP contribution in [-0.4, -0.2) is 30.3 Å². The number of nitrogens with zero attached hydrogens (tertiary/aromatic N) is 1. The van der Waals surface area contributed by atoms with Crippen LogP contribution in [0.5, 0.6) is 0 Å². The van der Waals surface area contributed by atoms with Gasteiger partial charge in [-0.05, 0) is 25.0 Å². The highest BCUT2D eigenvalue weighted by molar-refractivity contribution is 5.78. The van der Waals surface area contributed by atoms with Crippen molar-refractivity contribution >= 4 is 10.9 Å². The van der Waals surface area contributed by atoms with Crippen LogP contribution in [0, 0.1) is 0 Å². The minimum absolute atomic E-state index is 0.342. The fourth-order valence-corrected chi connectivity index (χ4v) is 2.58. The highest BCUT2D eigenvalue weighted by Gasteiger charge is 2.32. The van der Waals surface area contributed by atoms with Gasteiger partial charge in [-0.25, -0.2) is 0 Å². The molecule has 3 rings (SSSR count). The van der Waals surface area contributed by atoms with Crippen molar-refractivity contribution in [2.45, 2.75) is 25.0 Å². The van der Waals surface area contributed by atoms with Gasteiger partial charge >= 0.3 is 0 Å². The number of rotatable bonds is 4. The molecule has 1 saturated heterocycles. The van der Waals surface area contributed by atoms with E-state index in [4.69, 9.17) is 15.2 Å². The van der Waals surface area contributed by atoms with E-state index in [0.717, 1.165) is 36.0 Å². The Hall–Kier alpha value is -1.49. The first-order chi connectivity index (χ1) is 9.81. The van der Waals surface area contributed by atoms with Gasteiger partial charge in [0, 0.05) is 18.5 Å². The summed E-state index contributed by atoms with van der Waals surface area (Å²) in [6.07, 6.45) is 1.96. The van der Waals surface area contributed by atoms with Gasteiger partial charge in [-0.1, -0.05) is 24.3 Å². The van der Waals surface area contributed by atoms with Gasteiger partial charge in [-0.15, -0.1) is 0 Å². The summed E-state index contributed by atoms with van der Waals surface area (Å²) in [5, 5.41) is 1.14. The molecule has 0 saturated carbocycles. The van der Waals surface area contributed by atoms with E-state index in [1.54, 1.807) is 0 Å². The molecule has 1 aromatic heterocycles. The molecule has 20 heavy (non-hydrogen) atoms. The van der Waals surface area contributed by atoms with Crippen LogP contribution in [0.3, 0.4) is 0 Å². The van der Waals surface area contributed by atoms with Crippen LogP contribution in [0.2, 0.25) is 0 Å². The third-order valence-electron chi connectivity index (χ3n) is 3.84. The molecule has 1 fully saturated rings. The molecule has 0 aliphatic carbocycles. The quantitative estimate of drug-likeness (QED) is 0.927. The van der Waals surface area contributed by atoms with E-state index in [0.29, 0.717) is 19.8 Å². The van der Waals surface area contributed by atoms with Crippen LogP contribution >= 0.6 is 0 Å². The average molecular weight is 272 g/mol. The molecule has 4 nitrogen and oxygen atoms in total. The standard InChI is InChI=1S/C16H20N2O2/c17-11-16(8-3-9-19-12-16)20-10-14-7-6-13-4-1-2-5-15(13)18-14/h1-2,4-7H,3,8-12,17H2. The zero-order chi connectivity index (χ0) is 13.8. The highest BCUT2D eigenvalue weighted by Crippen LogP contribution is 2.24. The van der Waals surface area contributed by atoms with Crippen molar-refractivity contribution in [2.24, 2.45) is 5.73 Å². The Morgan fingerprint density at radius 3 is 2.95 bits per heavy atom. The maximum atomic E-state index is 6.04. The second-order valence-electron chi connectivity index (χ2n) is 5.33. The summed E-state index contributed by atoms with van der Waals surface area (Å²) in [4.78, 5) is 4.62. The lowest BCUT2D eigenvalue weighted by molar-refractivity contribution is -0.130. The van der Waals surface area contributed by atoms with Crippen LogP contribution < -0.4 is 5.73 Å². The van der Waals surface area contributed by atoms with Gasteiger partial charge in [0.1, 0.15) is 5.60 Å². The summed E-state index contributed by atoms with van der Waals surface area (Å²) < 4.78 is 11.6. The third-order valence-corrected chi connectivity index (χ3v) is 3.84. The van der Waals surface area contributed by atoms with E-state index in [2.05, 4.69) is 17.1 Å². The summed E-state index contributed by atoms with van der Waals surface area (Å²) in [6, 6.07) is 12.2. The van der Waals surface area contributed by atoms with Gasteiger partial charge in [-0.3, -0.25) is 4.98 Å². The van der Waals surface area contributed by atoms with E-state index in [-0.39, 0.29) is 5.60 Å². The topological polar surface area (TPSA) is 57.4 Å². The van der Waals surface area contributed by atoms with Crippen LogP contribution in [-0.2, 0) is 16.1 Å². The number of ether oxygens (including phenoxy) is 2. The van der Waals surface area contributed by atoms with Crippen LogP contribution in [0.1, 0.15) is 18.5 Å². The predicted octanol–water partition coefficient (Wildman–Crippen LogP) is 2.26. The second-order valence-corrected chi connectivity index (χ2v) is 5.33. The Morgan fingerprint density at radius 1 is 1.25 bits per heavy atom. The number of nitrogens with two attached hydrogens (primary N) is 1. The monoisotopic (exact) mass is 272 g/mol. The number of hydrogen-bond donors (Lipinski definition) is 1. The van der Waals surface area contributed by atoms with Crippen LogP contribution in [0.4, 0.5) is 0 Å². The second kappa shape index (κ2) is 5.87. The molecule has 0 bridgehead atoms. The molecule has 1 atom stereocenters. The molecular formula is C16H20N2O2. The number of pyridine rings is 1. The van der Waals surface area contributed by atoms with Crippen molar-refractivity contribution in [3.8, 4) is 0 Å². The molecule has 2 heterocycles. The third kappa shape index (κ3) is 2.82. The summed E-state index contributed by atoms with van der Waals surface area (Å²) in [5.74, 6) is 0. The number of fused-ring (bicyclic) bond motifs is 1. The number of benzene rings is 1. The van der Waals surface area contributed by atoms with Gasteiger partial charge < -0.3 is 15.2 Å². The van der Waals surface area contributed by atoms with E-state index in [1.807, 2.05) is 24.3 Å². The van der Waals surface area contributed by atoms with E-state index in [1.165, 1.54) is 0 Å². The molecule has 4 heteroatoms. The first-order valence-electron chi connectivity index (χ1n) is 7.08. The number of aromatic nitrogens is 1. The first kappa shape index (κ1) is 13.5. The Morgan fingerprint density at radius 2 is 2.15 bits per heavy atom. The van der Waals surface area contributed by atoms with Crippen molar-refractivity contribution in [1.29, 1.82) is 0 Å². The molecular weight excluding hydrogens is 252 g/mol. The number of para-hydroxylation sites is 1. The molecule has 1 aliphatic rings. The largest absolute Gasteiger partial charge is 0.378 e. The molecule has 2 aromatic rings. The Balaban J connectivity index is 1.72. The summed E-state index contributed by atoms with van der Waals surface area (Å²) in [5.41, 5.74) is 7.45. The SMILES string of the molecule is NCC1(OCc2ccc3ccccc3n2)CCCOC1. The van der Waals surface area contributed by atoms with E-state index in [9.17, 15) is 0 Å². The molecule has 1 aliphatic heterocycles. The zero-order valence-corrected chi connectivity index (χ0v) is 11.5. The molecule has 0 spiro atoms. The van der Waals surface area contributed by atoms with Gasteiger partial charge in [-0.2, -0.15) is 0 Å². The van der Waals surface area contributed by atoms with Crippen molar-refractivity contribution in [2.75, 3.05) is 19.8 Å². The molecule has 1 aromatic carbocycles. The Labute approximate surface area is 118 Å². The van der Waals surface area contributed by atoms with Crippen molar-refractivity contribution in [3.63, 3.8) is 0 Å². The fraction of sp³-hybridized carbons (Fsp3) is 0.438. The molecule has 2 N–H and O–H groups in total. The fourth-order valence-electron chi connectivity index (χ4n) is 2.58. The predicted molar refractivity (Wildman–Crippen MR) is 78.4 cm³/mol. The van der Waals surface area contributed by atoms with E-state index < -0.39 is 0 Å². The summed E-state index contributed by atoms with van der Waals surface area (Å²) >= 11 is 0. The zero-order valence-electron chi connectivity index (χ0n) is 11.5. The minimum Gasteiger partial charge on any atom is -0.378 e. The van der Waals surface area contributed by atoms with Gasteiger partial charge in [0.25, 0.3) is 0 Å². The van der Waals surface area contributed by atoms with Crippen molar-refractivity contribution < 1.29 is 9.47 Å². The first-order valence-corrected chi connectivity index (χ1v) is 7.08. The summed E-state index contributed by atoms with van der Waals surface area (Å²) in [6.45, 7) is 2.35. The van der Waals surface area contributed by atoms with Gasteiger partial charge in [0.2, 0.25) is 0 Å².